The monoisotopic (exact) mass is 338 g/mol. The molecule has 2 atom stereocenters. The Bertz CT molecular complexity index is 597. The van der Waals surface area contributed by atoms with E-state index in [0.717, 1.165) is 0 Å². The number of nitrogens with one attached hydrogen (secondary N) is 1. The first-order valence-corrected chi connectivity index (χ1v) is 6.95. The van der Waals surface area contributed by atoms with Gasteiger partial charge in [-0.25, -0.2) is 22.0 Å². The molecule has 1 saturated heterocycles. The van der Waals surface area contributed by atoms with Crippen molar-refractivity contribution < 1.29 is 31.9 Å². The largest absolute Gasteiger partial charge is 0.396 e. The Morgan fingerprint density at radius 3 is 2.17 bits per heavy atom. The van der Waals surface area contributed by atoms with Crippen molar-refractivity contribution in [3.63, 3.8) is 0 Å². The molecule has 1 aromatic carbocycles. The van der Waals surface area contributed by atoms with Gasteiger partial charge in [0.05, 0.1) is 6.04 Å². The molecule has 2 rings (SSSR count). The van der Waals surface area contributed by atoms with Crippen LogP contribution in [0.1, 0.15) is 13.3 Å². The molecule has 0 spiro atoms. The Morgan fingerprint density at radius 2 is 1.70 bits per heavy atom. The topological polar surface area (TPSA) is 52.6 Å². The first-order valence-electron chi connectivity index (χ1n) is 6.95. The van der Waals surface area contributed by atoms with Crippen LogP contribution in [-0.2, 0) is 4.79 Å². The lowest BCUT2D eigenvalue weighted by atomic mass is 10.1. The lowest BCUT2D eigenvalue weighted by molar-refractivity contribution is -0.120. The summed E-state index contributed by atoms with van der Waals surface area (Å²) in [7, 11) is 0. The van der Waals surface area contributed by atoms with Gasteiger partial charge in [0.15, 0.2) is 23.3 Å². The van der Waals surface area contributed by atoms with E-state index in [0.29, 0.717) is 19.5 Å². The number of nitrogens with zero attached hydrogens (tertiary/aromatic N) is 1. The summed E-state index contributed by atoms with van der Waals surface area (Å²) in [5.41, 5.74) is -1.36. The average molecular weight is 338 g/mol. The fourth-order valence-corrected chi connectivity index (χ4v) is 2.47. The fraction of sp³-hybridized carbons (Fsp3) is 0.500. The number of carbonyl (C=O) groups is 1. The molecule has 1 aliphatic rings. The maximum Gasteiger partial charge on any atom is 0.241 e. The van der Waals surface area contributed by atoms with Crippen molar-refractivity contribution in [1.29, 1.82) is 0 Å². The van der Waals surface area contributed by atoms with Crippen molar-refractivity contribution in [2.75, 3.05) is 25.0 Å². The van der Waals surface area contributed by atoms with Gasteiger partial charge >= 0.3 is 0 Å². The zero-order valence-electron chi connectivity index (χ0n) is 12.2. The number of carbonyl (C=O) groups excluding carboxylic acids is 1. The van der Waals surface area contributed by atoms with Crippen molar-refractivity contribution in [2.24, 2.45) is 5.92 Å². The molecule has 1 amide bonds. The van der Waals surface area contributed by atoms with Gasteiger partial charge in [0.25, 0.3) is 0 Å². The van der Waals surface area contributed by atoms with Crippen molar-refractivity contribution in [3.05, 3.63) is 29.1 Å². The van der Waals surface area contributed by atoms with Gasteiger partial charge in [-0.2, -0.15) is 0 Å². The number of halogens is 5. The highest BCUT2D eigenvalue weighted by Crippen LogP contribution is 2.27. The average Bonchev–Trinajstić information content (AvgIpc) is 3.03. The number of benzene rings is 1. The van der Waals surface area contributed by atoms with Crippen LogP contribution in [0.25, 0.3) is 0 Å². The van der Waals surface area contributed by atoms with E-state index in [4.69, 9.17) is 5.11 Å². The number of aliphatic hydroxyl groups excluding tert-OH is 1. The molecule has 1 fully saturated rings. The second-order valence-corrected chi connectivity index (χ2v) is 5.44. The van der Waals surface area contributed by atoms with E-state index >= 15 is 0 Å². The third-order valence-electron chi connectivity index (χ3n) is 3.96. The normalized spacial score (nSPS) is 19.9. The Kier molecular flexibility index (Phi) is 5.20. The molecule has 0 radical (unpaired) electrons. The fourth-order valence-electron chi connectivity index (χ4n) is 2.47. The molecule has 23 heavy (non-hydrogen) atoms. The summed E-state index contributed by atoms with van der Waals surface area (Å²) in [5, 5.41) is 10.8. The summed E-state index contributed by atoms with van der Waals surface area (Å²) in [6.45, 7) is 2.28. The molecule has 128 valence electrons. The van der Waals surface area contributed by atoms with E-state index in [9.17, 15) is 26.7 Å². The van der Waals surface area contributed by atoms with Crippen LogP contribution in [-0.4, -0.2) is 41.7 Å². The van der Waals surface area contributed by atoms with Crippen molar-refractivity contribution in [1.82, 2.24) is 4.90 Å². The van der Waals surface area contributed by atoms with Gasteiger partial charge in [0, 0.05) is 13.2 Å². The molecule has 1 aliphatic heterocycles. The van der Waals surface area contributed by atoms with E-state index in [1.165, 1.54) is 6.92 Å². The molecule has 1 heterocycles. The van der Waals surface area contributed by atoms with Gasteiger partial charge < -0.3 is 10.4 Å². The third-order valence-corrected chi connectivity index (χ3v) is 3.96. The molecular formula is C14H15F5N2O2. The van der Waals surface area contributed by atoms with Crippen LogP contribution in [0.15, 0.2) is 0 Å². The van der Waals surface area contributed by atoms with Crippen LogP contribution < -0.4 is 5.32 Å². The van der Waals surface area contributed by atoms with Crippen LogP contribution in [0, 0.1) is 35.0 Å². The number of aliphatic hydroxyl groups is 1. The van der Waals surface area contributed by atoms with Gasteiger partial charge in [0.1, 0.15) is 5.69 Å². The molecule has 2 N–H and O–H groups in total. The number of rotatable bonds is 4. The Labute approximate surface area is 128 Å². The minimum atomic E-state index is -2.28. The third kappa shape index (κ3) is 3.30. The summed E-state index contributed by atoms with van der Waals surface area (Å²) >= 11 is 0. The van der Waals surface area contributed by atoms with Crippen molar-refractivity contribution >= 4 is 11.6 Å². The van der Waals surface area contributed by atoms with E-state index in [1.807, 2.05) is 0 Å². The number of hydrogen-bond acceptors (Lipinski definition) is 3. The van der Waals surface area contributed by atoms with Gasteiger partial charge in [0.2, 0.25) is 11.7 Å². The summed E-state index contributed by atoms with van der Waals surface area (Å²) in [5.74, 6) is -11.6. The molecular weight excluding hydrogens is 323 g/mol. The molecule has 1 aromatic rings. The number of amides is 1. The molecule has 0 aromatic heterocycles. The van der Waals surface area contributed by atoms with E-state index in [1.54, 1.807) is 10.2 Å². The highest BCUT2D eigenvalue weighted by atomic mass is 19.2. The Balaban J connectivity index is 2.18. The SMILES string of the molecule is CC(C(=O)Nc1c(F)c(F)c(F)c(F)c1F)N1CCC(CO)C1. The predicted molar refractivity (Wildman–Crippen MR) is 71.1 cm³/mol. The summed E-state index contributed by atoms with van der Waals surface area (Å²) in [4.78, 5) is 13.7. The molecule has 0 aliphatic carbocycles. The zero-order chi connectivity index (χ0) is 17.3. The lowest BCUT2D eigenvalue weighted by Gasteiger charge is -2.23. The second-order valence-electron chi connectivity index (χ2n) is 5.44. The minimum Gasteiger partial charge on any atom is -0.396 e. The lowest BCUT2D eigenvalue weighted by Crippen LogP contribution is -2.41. The first kappa shape index (κ1) is 17.6. The van der Waals surface area contributed by atoms with Crippen LogP contribution in [0.4, 0.5) is 27.6 Å². The smallest absolute Gasteiger partial charge is 0.241 e. The molecule has 4 nitrogen and oxygen atoms in total. The Morgan fingerprint density at radius 1 is 1.17 bits per heavy atom. The second kappa shape index (κ2) is 6.79. The Hall–Kier alpha value is -1.74. The van der Waals surface area contributed by atoms with Crippen LogP contribution in [0.5, 0.6) is 0 Å². The minimum absolute atomic E-state index is 0.0144. The van der Waals surface area contributed by atoms with Gasteiger partial charge in [-0.15, -0.1) is 0 Å². The quantitative estimate of drug-likeness (QED) is 0.502. The first-order chi connectivity index (χ1) is 10.8. The van der Waals surface area contributed by atoms with Gasteiger partial charge in [-0.1, -0.05) is 0 Å². The predicted octanol–water partition coefficient (Wildman–Crippen LogP) is 2.02. The number of anilines is 1. The van der Waals surface area contributed by atoms with E-state index in [2.05, 4.69) is 0 Å². The molecule has 0 saturated carbocycles. The highest BCUT2D eigenvalue weighted by molar-refractivity contribution is 5.94. The van der Waals surface area contributed by atoms with E-state index in [-0.39, 0.29) is 12.5 Å². The van der Waals surface area contributed by atoms with Crippen molar-refractivity contribution in [3.8, 4) is 0 Å². The molecule has 2 unspecified atom stereocenters. The zero-order valence-corrected chi connectivity index (χ0v) is 12.2. The molecule has 9 heteroatoms. The van der Waals surface area contributed by atoms with E-state index < -0.39 is 46.7 Å². The highest BCUT2D eigenvalue weighted by Gasteiger charge is 2.32. The molecule has 0 bridgehead atoms. The summed E-state index contributed by atoms with van der Waals surface area (Å²) in [6, 6.07) is -0.846. The van der Waals surface area contributed by atoms with Crippen molar-refractivity contribution in [2.45, 2.75) is 19.4 Å². The van der Waals surface area contributed by atoms with Gasteiger partial charge in [-0.05, 0) is 25.8 Å². The maximum absolute atomic E-state index is 13.5. The van der Waals surface area contributed by atoms with Crippen LogP contribution in [0.3, 0.4) is 0 Å². The van der Waals surface area contributed by atoms with Crippen LogP contribution >= 0.6 is 0 Å². The summed E-state index contributed by atoms with van der Waals surface area (Å²) in [6.07, 6.45) is 0.649. The maximum atomic E-state index is 13.5. The number of likely N-dealkylation sites (tertiary alicyclic amines) is 1. The number of hydrogen-bond donors (Lipinski definition) is 2. The van der Waals surface area contributed by atoms with Gasteiger partial charge in [-0.3, -0.25) is 9.69 Å². The standard InChI is InChI=1S/C14H15F5N2O2/c1-6(21-3-2-7(4-21)5-22)14(23)20-13-11(18)9(16)8(15)10(17)12(13)19/h6-7,22H,2-5H2,1H3,(H,20,23). The van der Waals surface area contributed by atoms with Crippen LogP contribution in [0.2, 0.25) is 0 Å². The summed E-state index contributed by atoms with van der Waals surface area (Å²) < 4.78 is 66.2.